The van der Waals surface area contributed by atoms with E-state index >= 15 is 0 Å². The first-order chi connectivity index (χ1) is 18.9. The lowest BCUT2D eigenvalue weighted by Crippen LogP contribution is -2.57. The lowest BCUT2D eigenvalue weighted by Gasteiger charge is -2.35. The molecule has 1 heterocycles. The summed E-state index contributed by atoms with van der Waals surface area (Å²) in [4.78, 5) is 41.0. The van der Waals surface area contributed by atoms with Gasteiger partial charge in [0.2, 0.25) is 5.91 Å². The Balaban J connectivity index is 2.01. The Morgan fingerprint density at radius 1 is 1.12 bits per heavy atom. The van der Waals surface area contributed by atoms with Gasteiger partial charge in [-0.2, -0.15) is 0 Å². The number of rotatable bonds is 10. The van der Waals surface area contributed by atoms with Crippen molar-refractivity contribution in [1.82, 2.24) is 10.2 Å². The lowest BCUT2D eigenvalue weighted by molar-refractivity contribution is -0.152. The summed E-state index contributed by atoms with van der Waals surface area (Å²) in [6.07, 6.45) is 3.31. The van der Waals surface area contributed by atoms with Crippen molar-refractivity contribution in [1.29, 1.82) is 0 Å². The van der Waals surface area contributed by atoms with Crippen LogP contribution in [-0.4, -0.2) is 69.4 Å². The molecule has 0 bridgehead atoms. The first kappa shape index (κ1) is 30.7. The fourth-order valence-corrected chi connectivity index (χ4v) is 5.05. The summed E-state index contributed by atoms with van der Waals surface area (Å²) in [6, 6.07) is 7.89. The highest BCUT2D eigenvalue weighted by atomic mass is 16.5. The molecule has 1 aliphatic heterocycles. The van der Waals surface area contributed by atoms with Crippen LogP contribution in [0.4, 0.5) is 4.79 Å². The second-order valence-corrected chi connectivity index (χ2v) is 10.9. The standard InChI is InChI=1S/C31H40N2O7/c1-9-11-14-40-29(36)32-26(30(3,4)5)27(34)33-19-31(39-8,18-24(33)28(35)38-7)23-13-12-21-17-25(37-6)20(10-2)15-22(21)16-23/h9-10,12-13,15-17,24,26H,1-2,11,14,18-19H2,3-8H3,(H,32,36)/t24-,26?,31-/m0/s1. The van der Waals surface area contributed by atoms with Gasteiger partial charge in [-0.25, -0.2) is 9.59 Å². The van der Waals surface area contributed by atoms with E-state index in [9.17, 15) is 14.4 Å². The van der Waals surface area contributed by atoms with E-state index < -0.39 is 41.1 Å². The van der Waals surface area contributed by atoms with E-state index in [4.69, 9.17) is 18.9 Å². The highest BCUT2D eigenvalue weighted by Gasteiger charge is 2.53. The third-order valence-corrected chi connectivity index (χ3v) is 7.34. The normalized spacial score (nSPS) is 19.6. The maximum Gasteiger partial charge on any atom is 0.407 e. The van der Waals surface area contributed by atoms with E-state index in [1.165, 1.54) is 12.0 Å². The van der Waals surface area contributed by atoms with Gasteiger partial charge >= 0.3 is 12.1 Å². The van der Waals surface area contributed by atoms with Gasteiger partial charge in [0, 0.05) is 19.1 Å². The SMILES string of the molecule is C=CCCOC(=O)NC(C(=O)N1C[C@](OC)(c2ccc3cc(OC)c(C=C)cc3c2)C[C@H]1C(=O)OC)C(C)(C)C. The third-order valence-electron chi connectivity index (χ3n) is 7.34. The Morgan fingerprint density at radius 3 is 2.42 bits per heavy atom. The maximum atomic E-state index is 14.0. The molecule has 0 aliphatic carbocycles. The van der Waals surface area contributed by atoms with E-state index in [1.54, 1.807) is 26.4 Å². The van der Waals surface area contributed by atoms with Gasteiger partial charge in [-0.15, -0.1) is 6.58 Å². The molecule has 1 unspecified atom stereocenters. The molecular weight excluding hydrogens is 512 g/mol. The molecule has 0 aromatic heterocycles. The number of fused-ring (bicyclic) bond motifs is 1. The van der Waals surface area contributed by atoms with Crippen LogP contribution in [0.1, 0.15) is 44.7 Å². The number of hydrogen-bond donors (Lipinski definition) is 1. The van der Waals surface area contributed by atoms with Crippen LogP contribution in [0, 0.1) is 5.41 Å². The smallest absolute Gasteiger partial charge is 0.407 e. The second-order valence-electron chi connectivity index (χ2n) is 10.9. The van der Waals surface area contributed by atoms with Crippen molar-refractivity contribution < 1.29 is 33.3 Å². The summed E-state index contributed by atoms with van der Waals surface area (Å²) >= 11 is 0. The van der Waals surface area contributed by atoms with E-state index in [0.29, 0.717) is 12.2 Å². The number of ether oxygens (including phenoxy) is 4. The van der Waals surface area contributed by atoms with Gasteiger partial charge in [-0.1, -0.05) is 51.6 Å². The minimum absolute atomic E-state index is 0.0812. The van der Waals surface area contributed by atoms with Crippen molar-refractivity contribution >= 4 is 34.8 Å². The van der Waals surface area contributed by atoms with Crippen molar-refractivity contribution in [3.63, 3.8) is 0 Å². The molecule has 1 saturated heterocycles. The number of benzene rings is 2. The fraction of sp³-hybridized carbons (Fsp3) is 0.452. The van der Waals surface area contributed by atoms with Gasteiger partial charge in [0.25, 0.3) is 0 Å². The molecule has 216 valence electrons. The average Bonchev–Trinajstić information content (AvgIpc) is 3.35. The van der Waals surface area contributed by atoms with Crippen LogP contribution in [0.15, 0.2) is 49.6 Å². The van der Waals surface area contributed by atoms with Crippen LogP contribution in [0.25, 0.3) is 16.8 Å². The lowest BCUT2D eigenvalue weighted by atomic mass is 9.85. The van der Waals surface area contributed by atoms with E-state index in [1.807, 2.05) is 51.1 Å². The molecule has 1 aliphatic rings. The number of nitrogens with zero attached hydrogens (tertiary/aromatic N) is 1. The first-order valence-electron chi connectivity index (χ1n) is 13.2. The molecule has 2 aromatic carbocycles. The van der Waals surface area contributed by atoms with E-state index in [0.717, 1.165) is 21.9 Å². The van der Waals surface area contributed by atoms with E-state index in [-0.39, 0.29) is 19.6 Å². The molecular formula is C31H40N2O7. The van der Waals surface area contributed by atoms with Crippen molar-refractivity contribution in [3.05, 3.63) is 60.7 Å². The molecule has 1 N–H and O–H groups in total. The summed E-state index contributed by atoms with van der Waals surface area (Å²) in [7, 11) is 4.46. The summed E-state index contributed by atoms with van der Waals surface area (Å²) < 4.78 is 21.9. The van der Waals surface area contributed by atoms with Gasteiger partial charge in [0.15, 0.2) is 0 Å². The van der Waals surface area contributed by atoms with Crippen LogP contribution in [0.5, 0.6) is 5.75 Å². The van der Waals surface area contributed by atoms with Crippen LogP contribution in [-0.2, 0) is 29.4 Å². The molecule has 0 radical (unpaired) electrons. The Kier molecular flexibility index (Phi) is 9.63. The Labute approximate surface area is 236 Å². The second kappa shape index (κ2) is 12.6. The van der Waals surface area contributed by atoms with Crippen LogP contribution in [0.2, 0.25) is 0 Å². The number of alkyl carbamates (subject to hydrolysis) is 1. The third kappa shape index (κ3) is 6.31. The molecule has 0 spiro atoms. The molecule has 3 rings (SSSR count). The van der Waals surface area contributed by atoms with Crippen molar-refractivity contribution in [2.45, 2.75) is 51.3 Å². The largest absolute Gasteiger partial charge is 0.496 e. The van der Waals surface area contributed by atoms with Crippen molar-refractivity contribution in [2.24, 2.45) is 5.41 Å². The van der Waals surface area contributed by atoms with Crippen molar-refractivity contribution in [3.8, 4) is 5.75 Å². The Morgan fingerprint density at radius 2 is 1.85 bits per heavy atom. The Bertz CT molecular complexity index is 1280. The molecule has 9 heteroatoms. The van der Waals surface area contributed by atoms with Crippen molar-refractivity contribution in [2.75, 3.05) is 34.5 Å². The van der Waals surface area contributed by atoms with Gasteiger partial charge in [0.1, 0.15) is 23.4 Å². The molecule has 1 fully saturated rings. The first-order valence-corrected chi connectivity index (χ1v) is 13.2. The number of carbonyl (C=O) groups excluding carboxylic acids is 3. The van der Waals surface area contributed by atoms with Gasteiger partial charge in [0.05, 0.1) is 27.4 Å². The predicted molar refractivity (Wildman–Crippen MR) is 154 cm³/mol. The quantitative estimate of drug-likeness (QED) is 0.256. The molecule has 3 atom stereocenters. The monoisotopic (exact) mass is 552 g/mol. The maximum absolute atomic E-state index is 14.0. The van der Waals surface area contributed by atoms with E-state index in [2.05, 4.69) is 18.5 Å². The molecule has 0 saturated carbocycles. The minimum Gasteiger partial charge on any atom is -0.496 e. The molecule has 2 aromatic rings. The number of hydrogen-bond acceptors (Lipinski definition) is 7. The molecule has 9 nitrogen and oxygen atoms in total. The summed E-state index contributed by atoms with van der Waals surface area (Å²) in [5.41, 5.74) is -0.0372. The zero-order chi connectivity index (χ0) is 29.7. The molecule has 2 amide bonds. The summed E-state index contributed by atoms with van der Waals surface area (Å²) in [5, 5.41) is 4.59. The number of methoxy groups -OCH3 is 3. The van der Waals surface area contributed by atoms with Gasteiger partial charge in [-0.3, -0.25) is 4.79 Å². The zero-order valence-corrected chi connectivity index (χ0v) is 24.2. The summed E-state index contributed by atoms with van der Waals surface area (Å²) in [6.45, 7) is 13.2. The zero-order valence-electron chi connectivity index (χ0n) is 24.2. The highest BCUT2D eigenvalue weighted by Crippen LogP contribution is 2.42. The van der Waals surface area contributed by atoms with Gasteiger partial charge < -0.3 is 29.2 Å². The fourth-order valence-electron chi connectivity index (χ4n) is 5.05. The predicted octanol–water partition coefficient (Wildman–Crippen LogP) is 4.82. The summed E-state index contributed by atoms with van der Waals surface area (Å²) in [5.74, 6) is -0.279. The van der Waals surface area contributed by atoms with Gasteiger partial charge in [-0.05, 0) is 46.4 Å². The average molecular weight is 553 g/mol. The number of amides is 2. The minimum atomic E-state index is -0.996. The number of carbonyl (C=O) groups is 3. The highest BCUT2D eigenvalue weighted by molar-refractivity contribution is 5.92. The number of likely N-dealkylation sites (tertiary alicyclic amines) is 1. The van der Waals surface area contributed by atoms with Crippen LogP contribution >= 0.6 is 0 Å². The number of esters is 1. The molecule has 40 heavy (non-hydrogen) atoms. The Hall–Kier alpha value is -3.85. The topological polar surface area (TPSA) is 103 Å². The van der Waals surface area contributed by atoms with Crippen LogP contribution < -0.4 is 10.1 Å². The number of nitrogens with one attached hydrogen (secondary N) is 1. The van der Waals surface area contributed by atoms with Crippen LogP contribution in [0.3, 0.4) is 0 Å².